The smallest absolute Gasteiger partial charge is 0.245 e. The molecule has 3 aromatic rings. The lowest BCUT2D eigenvalue weighted by Gasteiger charge is -2.32. The third-order valence-electron chi connectivity index (χ3n) is 4.42. The molecule has 1 aromatic carbocycles. The van der Waals surface area contributed by atoms with Crippen LogP contribution in [0.5, 0.6) is 0 Å². The van der Waals surface area contributed by atoms with Crippen LogP contribution in [0.1, 0.15) is 24.4 Å². The van der Waals surface area contributed by atoms with Crippen molar-refractivity contribution in [2.45, 2.75) is 25.9 Å². The zero-order chi connectivity index (χ0) is 16.5. The molecule has 24 heavy (non-hydrogen) atoms. The molecule has 0 saturated carbocycles. The number of rotatable bonds is 4. The lowest BCUT2D eigenvalue weighted by molar-refractivity contribution is -0.136. The minimum absolute atomic E-state index is 0.1000. The molecule has 0 unspecified atom stereocenters. The zero-order valence-electron chi connectivity index (χ0n) is 13.4. The molecule has 0 spiro atoms. The molecule has 0 fully saturated rings. The predicted octanol–water partition coefficient (Wildman–Crippen LogP) is 1.81. The molecular weight excluding hydrogens is 304 g/mol. The van der Waals surface area contributed by atoms with E-state index in [0.29, 0.717) is 18.9 Å². The molecule has 7 heteroatoms. The van der Waals surface area contributed by atoms with Gasteiger partial charge in [-0.05, 0) is 18.9 Å². The Kier molecular flexibility index (Phi) is 3.60. The SMILES string of the molecule is C[C@H]1C(=O)N(CCc2ccccc2)Cc2nnc(-c3cn[nH]c3)n21. The second kappa shape index (κ2) is 5.92. The number of H-pyrrole nitrogens is 1. The van der Waals surface area contributed by atoms with Gasteiger partial charge in [0.25, 0.3) is 0 Å². The van der Waals surface area contributed by atoms with Gasteiger partial charge < -0.3 is 4.90 Å². The van der Waals surface area contributed by atoms with Gasteiger partial charge in [0.2, 0.25) is 5.91 Å². The molecule has 0 saturated heterocycles. The maximum absolute atomic E-state index is 12.8. The second-order valence-corrected chi connectivity index (χ2v) is 5.97. The van der Waals surface area contributed by atoms with Crippen molar-refractivity contribution >= 4 is 5.91 Å². The molecule has 1 aliphatic heterocycles. The third kappa shape index (κ3) is 2.47. The average Bonchev–Trinajstić information content (AvgIpc) is 3.27. The van der Waals surface area contributed by atoms with Gasteiger partial charge in [-0.25, -0.2) is 0 Å². The summed E-state index contributed by atoms with van der Waals surface area (Å²) < 4.78 is 1.91. The van der Waals surface area contributed by atoms with Gasteiger partial charge in [0.1, 0.15) is 6.04 Å². The minimum atomic E-state index is -0.315. The summed E-state index contributed by atoms with van der Waals surface area (Å²) in [5.41, 5.74) is 2.07. The molecule has 0 radical (unpaired) electrons. The summed E-state index contributed by atoms with van der Waals surface area (Å²) in [5, 5.41) is 15.3. The fourth-order valence-electron chi connectivity index (χ4n) is 3.13. The number of hydrogen-bond acceptors (Lipinski definition) is 4. The average molecular weight is 322 g/mol. The standard InChI is InChI=1S/C17H18N6O/c1-12-17(24)22(8-7-13-5-3-2-4-6-13)11-15-20-21-16(23(12)15)14-9-18-19-10-14/h2-6,9-10,12H,7-8,11H2,1H3,(H,18,19)/t12-/m0/s1. The van der Waals surface area contributed by atoms with E-state index in [-0.39, 0.29) is 11.9 Å². The summed E-state index contributed by atoms with van der Waals surface area (Å²) in [4.78, 5) is 14.6. The number of carbonyl (C=O) groups excluding carboxylic acids is 1. The number of aromatic amines is 1. The van der Waals surface area contributed by atoms with E-state index in [2.05, 4.69) is 32.5 Å². The van der Waals surface area contributed by atoms with Gasteiger partial charge in [-0.2, -0.15) is 5.10 Å². The first-order chi connectivity index (χ1) is 11.7. The van der Waals surface area contributed by atoms with Crippen molar-refractivity contribution in [3.63, 3.8) is 0 Å². The fourth-order valence-corrected chi connectivity index (χ4v) is 3.13. The first-order valence-electron chi connectivity index (χ1n) is 7.99. The number of hydrogen-bond donors (Lipinski definition) is 1. The van der Waals surface area contributed by atoms with Crippen LogP contribution in [0.15, 0.2) is 42.7 Å². The highest BCUT2D eigenvalue weighted by Gasteiger charge is 2.33. The first-order valence-corrected chi connectivity index (χ1v) is 7.99. The lowest BCUT2D eigenvalue weighted by Crippen LogP contribution is -2.42. The van der Waals surface area contributed by atoms with Gasteiger partial charge >= 0.3 is 0 Å². The number of aromatic nitrogens is 5. The second-order valence-electron chi connectivity index (χ2n) is 5.97. The normalized spacial score (nSPS) is 17.1. The summed E-state index contributed by atoms with van der Waals surface area (Å²) in [6.07, 6.45) is 4.29. The highest BCUT2D eigenvalue weighted by atomic mass is 16.2. The number of nitrogens with one attached hydrogen (secondary N) is 1. The van der Waals surface area contributed by atoms with E-state index in [0.717, 1.165) is 17.8 Å². The first kappa shape index (κ1) is 14.6. The minimum Gasteiger partial charge on any atom is -0.333 e. The van der Waals surface area contributed by atoms with Crippen LogP contribution in [-0.2, 0) is 17.8 Å². The monoisotopic (exact) mass is 322 g/mol. The lowest BCUT2D eigenvalue weighted by atomic mass is 10.1. The molecular formula is C17H18N6O. The molecule has 2 aromatic heterocycles. The summed E-state index contributed by atoms with van der Waals surface area (Å²) in [5.74, 6) is 1.59. The van der Waals surface area contributed by atoms with Gasteiger partial charge in [0.05, 0.1) is 18.3 Å². The van der Waals surface area contributed by atoms with E-state index < -0.39 is 0 Å². The summed E-state index contributed by atoms with van der Waals surface area (Å²) >= 11 is 0. The van der Waals surface area contributed by atoms with Crippen LogP contribution >= 0.6 is 0 Å². The van der Waals surface area contributed by atoms with Crippen LogP contribution in [0.2, 0.25) is 0 Å². The number of amides is 1. The van der Waals surface area contributed by atoms with Crippen LogP contribution in [-0.4, -0.2) is 42.3 Å². The highest BCUT2D eigenvalue weighted by Crippen LogP contribution is 2.27. The molecule has 3 heterocycles. The van der Waals surface area contributed by atoms with Crippen molar-refractivity contribution in [3.05, 3.63) is 54.1 Å². The Morgan fingerprint density at radius 1 is 1.25 bits per heavy atom. The topological polar surface area (TPSA) is 79.7 Å². The van der Waals surface area contributed by atoms with Crippen molar-refractivity contribution in [1.29, 1.82) is 0 Å². The number of fused-ring (bicyclic) bond motifs is 1. The van der Waals surface area contributed by atoms with Crippen molar-refractivity contribution in [2.75, 3.05) is 6.54 Å². The molecule has 1 N–H and O–H groups in total. The Morgan fingerprint density at radius 3 is 2.83 bits per heavy atom. The maximum atomic E-state index is 12.8. The van der Waals surface area contributed by atoms with Crippen LogP contribution in [0.3, 0.4) is 0 Å². The van der Waals surface area contributed by atoms with E-state index >= 15 is 0 Å². The predicted molar refractivity (Wildman–Crippen MR) is 87.9 cm³/mol. The fraction of sp³-hybridized carbons (Fsp3) is 0.294. The van der Waals surface area contributed by atoms with Crippen LogP contribution in [0, 0.1) is 0 Å². The van der Waals surface area contributed by atoms with Gasteiger partial charge in [0.15, 0.2) is 11.6 Å². The van der Waals surface area contributed by atoms with Crippen molar-refractivity contribution in [3.8, 4) is 11.4 Å². The van der Waals surface area contributed by atoms with Crippen molar-refractivity contribution in [1.82, 2.24) is 29.9 Å². The van der Waals surface area contributed by atoms with E-state index in [1.807, 2.05) is 34.6 Å². The molecule has 4 rings (SSSR count). The summed E-state index contributed by atoms with van der Waals surface area (Å²) in [6.45, 7) is 3.06. The number of carbonyl (C=O) groups is 1. The van der Waals surface area contributed by atoms with E-state index in [4.69, 9.17) is 0 Å². The Hall–Kier alpha value is -2.96. The van der Waals surface area contributed by atoms with E-state index in [1.54, 1.807) is 12.4 Å². The quantitative estimate of drug-likeness (QED) is 0.794. The van der Waals surface area contributed by atoms with E-state index in [9.17, 15) is 4.79 Å². The van der Waals surface area contributed by atoms with Gasteiger partial charge in [-0.1, -0.05) is 30.3 Å². The van der Waals surface area contributed by atoms with Crippen LogP contribution in [0.25, 0.3) is 11.4 Å². The Morgan fingerprint density at radius 2 is 2.08 bits per heavy atom. The summed E-state index contributed by atoms with van der Waals surface area (Å²) in [7, 11) is 0. The molecule has 7 nitrogen and oxygen atoms in total. The summed E-state index contributed by atoms with van der Waals surface area (Å²) in [6, 6.07) is 9.88. The molecule has 1 aliphatic rings. The maximum Gasteiger partial charge on any atom is 0.245 e. The van der Waals surface area contributed by atoms with Crippen LogP contribution < -0.4 is 0 Å². The number of benzene rings is 1. The third-order valence-corrected chi connectivity index (χ3v) is 4.42. The Bertz CT molecular complexity index is 839. The molecule has 122 valence electrons. The molecule has 1 atom stereocenters. The van der Waals surface area contributed by atoms with Gasteiger partial charge in [0, 0.05) is 12.7 Å². The molecule has 0 bridgehead atoms. The Labute approximate surface area is 139 Å². The van der Waals surface area contributed by atoms with Crippen LogP contribution in [0.4, 0.5) is 0 Å². The molecule has 1 amide bonds. The highest BCUT2D eigenvalue weighted by molar-refractivity contribution is 5.82. The zero-order valence-corrected chi connectivity index (χ0v) is 13.4. The molecule has 0 aliphatic carbocycles. The largest absolute Gasteiger partial charge is 0.333 e. The Balaban J connectivity index is 1.56. The van der Waals surface area contributed by atoms with Crippen molar-refractivity contribution < 1.29 is 4.79 Å². The number of nitrogens with zero attached hydrogens (tertiary/aromatic N) is 5. The van der Waals surface area contributed by atoms with E-state index in [1.165, 1.54) is 5.56 Å². The van der Waals surface area contributed by atoms with Crippen molar-refractivity contribution in [2.24, 2.45) is 0 Å². The van der Waals surface area contributed by atoms with Gasteiger partial charge in [-0.3, -0.25) is 14.5 Å². The van der Waals surface area contributed by atoms with Gasteiger partial charge in [-0.15, -0.1) is 10.2 Å².